The molecular formula is C44H88N2O4. The number of carbonyl (C=O) groups excluding carboxylic acids is 2. The maximum Gasteiger partial charge on any atom is 0.302 e. The van der Waals surface area contributed by atoms with Crippen LogP contribution in [0, 0.1) is 43.3 Å². The highest BCUT2D eigenvalue weighted by Gasteiger charge is 2.57. The molecule has 0 spiro atoms. The van der Waals surface area contributed by atoms with Crippen molar-refractivity contribution in [2.45, 2.75) is 226 Å². The fourth-order valence-electron chi connectivity index (χ4n) is 9.84. The van der Waals surface area contributed by atoms with Gasteiger partial charge in [-0.1, -0.05) is 137 Å². The molecule has 0 aliphatic carbocycles. The van der Waals surface area contributed by atoms with Gasteiger partial charge in [-0.2, -0.15) is 0 Å². The van der Waals surface area contributed by atoms with Crippen LogP contribution in [0.15, 0.2) is 0 Å². The Bertz CT molecular complexity index is 1030. The third-order valence-electron chi connectivity index (χ3n) is 15.9. The molecule has 0 aromatic rings. The second-order valence-corrected chi connectivity index (χ2v) is 19.9. The number of nitrogens with one attached hydrogen (secondary N) is 1. The quantitative estimate of drug-likeness (QED) is 0.0684. The van der Waals surface area contributed by atoms with Crippen molar-refractivity contribution >= 4 is 12.4 Å². The molecule has 0 bridgehead atoms. The highest BCUT2D eigenvalue weighted by Crippen LogP contribution is 2.60. The van der Waals surface area contributed by atoms with Gasteiger partial charge < -0.3 is 20.9 Å². The zero-order valence-electron chi connectivity index (χ0n) is 36.9. The van der Waals surface area contributed by atoms with Crippen molar-refractivity contribution in [3.63, 3.8) is 0 Å². The van der Waals surface area contributed by atoms with Gasteiger partial charge in [-0.25, -0.2) is 0 Å². The van der Waals surface area contributed by atoms with Gasteiger partial charge in [0.25, 0.3) is 0 Å². The number of esters is 1. The van der Waals surface area contributed by atoms with Crippen molar-refractivity contribution in [1.29, 1.82) is 0 Å². The van der Waals surface area contributed by atoms with Gasteiger partial charge in [0.05, 0.1) is 6.10 Å². The molecule has 0 fully saturated rings. The Hall–Kier alpha value is -1.14. The Morgan fingerprint density at radius 2 is 1.14 bits per heavy atom. The Labute approximate surface area is 312 Å². The molecule has 0 radical (unpaired) electrons. The molecule has 0 aromatic carbocycles. The van der Waals surface area contributed by atoms with Gasteiger partial charge in [-0.15, -0.1) is 0 Å². The molecule has 0 saturated carbocycles. The van der Waals surface area contributed by atoms with Gasteiger partial charge >= 0.3 is 5.97 Å². The first kappa shape index (κ1) is 48.9. The summed E-state index contributed by atoms with van der Waals surface area (Å²) in [5.74, 6) is -0.227. The van der Waals surface area contributed by atoms with E-state index in [9.17, 15) is 14.7 Å². The molecule has 50 heavy (non-hydrogen) atoms. The summed E-state index contributed by atoms with van der Waals surface area (Å²) in [5.41, 5.74) is 4.99. The molecule has 0 rings (SSSR count). The first-order valence-electron chi connectivity index (χ1n) is 20.4. The molecule has 1 amide bonds. The van der Waals surface area contributed by atoms with Crippen LogP contribution in [0.3, 0.4) is 0 Å². The Morgan fingerprint density at radius 1 is 0.680 bits per heavy atom. The molecule has 5 atom stereocenters. The summed E-state index contributed by atoms with van der Waals surface area (Å²) in [5, 5.41) is 16.1. The zero-order chi connectivity index (χ0) is 39.8. The highest BCUT2D eigenvalue weighted by atomic mass is 16.5. The van der Waals surface area contributed by atoms with E-state index >= 15 is 0 Å². The van der Waals surface area contributed by atoms with Crippen LogP contribution < -0.4 is 11.1 Å². The lowest BCUT2D eigenvalue weighted by atomic mass is 9.49. The van der Waals surface area contributed by atoms with Crippen LogP contribution in [0.25, 0.3) is 0 Å². The predicted octanol–water partition coefficient (Wildman–Crippen LogP) is 11.3. The van der Waals surface area contributed by atoms with E-state index in [-0.39, 0.29) is 62.1 Å². The standard InChI is InChI=1S/C44H88N2O4/c1-20-41(18,21-2)30-36(50-32(8)48)44(25-6,26-7)42(19,22-3)29-35(49)43(23-4,24-5)39(14,15)28-34(46-31-47)40(16,17)38(12,13)27-33(45)37(9,10)11/h31,33-36,49H,20-30,45H2,1-19H3,(H,46,47). The van der Waals surface area contributed by atoms with Gasteiger partial charge in [0.2, 0.25) is 6.41 Å². The van der Waals surface area contributed by atoms with E-state index in [2.05, 4.69) is 130 Å². The number of rotatable bonds is 24. The van der Waals surface area contributed by atoms with Gasteiger partial charge in [-0.05, 0) is 90.3 Å². The van der Waals surface area contributed by atoms with Gasteiger partial charge in [0.1, 0.15) is 6.10 Å². The summed E-state index contributed by atoms with van der Waals surface area (Å²) < 4.78 is 6.36. The lowest BCUT2D eigenvalue weighted by molar-refractivity contribution is -0.178. The fourth-order valence-corrected chi connectivity index (χ4v) is 9.84. The zero-order valence-corrected chi connectivity index (χ0v) is 36.9. The smallest absolute Gasteiger partial charge is 0.302 e. The summed E-state index contributed by atoms with van der Waals surface area (Å²) in [6.07, 6.45) is 9.26. The lowest BCUT2D eigenvalue weighted by Gasteiger charge is -2.58. The third-order valence-corrected chi connectivity index (χ3v) is 15.9. The van der Waals surface area contributed by atoms with E-state index in [1.54, 1.807) is 6.92 Å². The topological polar surface area (TPSA) is 102 Å². The van der Waals surface area contributed by atoms with Crippen LogP contribution in [-0.2, 0) is 14.3 Å². The molecule has 6 nitrogen and oxygen atoms in total. The molecule has 6 heteroatoms. The number of nitrogens with two attached hydrogens (primary N) is 1. The third kappa shape index (κ3) is 10.3. The average Bonchev–Trinajstić information content (AvgIpc) is 3.00. The van der Waals surface area contributed by atoms with E-state index in [0.29, 0.717) is 6.42 Å². The molecule has 5 unspecified atom stereocenters. The first-order chi connectivity index (χ1) is 22.6. The predicted molar refractivity (Wildman–Crippen MR) is 215 cm³/mol. The number of aliphatic hydroxyl groups is 1. The number of amides is 1. The first-order valence-corrected chi connectivity index (χ1v) is 20.4. The van der Waals surface area contributed by atoms with Crippen molar-refractivity contribution in [2.24, 2.45) is 49.1 Å². The van der Waals surface area contributed by atoms with Crippen LogP contribution in [0.4, 0.5) is 0 Å². The molecule has 4 N–H and O–H groups in total. The number of hydrogen-bond donors (Lipinski definition) is 3. The Kier molecular flexibility index (Phi) is 17.8. The second-order valence-electron chi connectivity index (χ2n) is 19.9. The minimum Gasteiger partial charge on any atom is -0.462 e. The van der Waals surface area contributed by atoms with Gasteiger partial charge in [0.15, 0.2) is 0 Å². The number of ether oxygens (including phenoxy) is 1. The summed E-state index contributed by atoms with van der Waals surface area (Å²) in [6.45, 7) is 42.2. The van der Waals surface area contributed by atoms with Crippen LogP contribution in [0.1, 0.15) is 202 Å². The van der Waals surface area contributed by atoms with Crippen LogP contribution >= 0.6 is 0 Å². The Balaban J connectivity index is 7.16. The minimum absolute atomic E-state index is 0.0151. The molecule has 0 heterocycles. The van der Waals surface area contributed by atoms with Crippen molar-refractivity contribution in [3.8, 4) is 0 Å². The molecule has 0 aliphatic heterocycles. The van der Waals surface area contributed by atoms with Crippen molar-refractivity contribution in [2.75, 3.05) is 0 Å². The minimum atomic E-state index is -0.598. The molecule has 0 aliphatic rings. The fraction of sp³-hybridized carbons (Fsp3) is 0.955. The second kappa shape index (κ2) is 18.3. The summed E-state index contributed by atoms with van der Waals surface area (Å²) >= 11 is 0. The van der Waals surface area contributed by atoms with Crippen molar-refractivity contribution in [1.82, 2.24) is 5.32 Å². The van der Waals surface area contributed by atoms with Crippen LogP contribution in [0.5, 0.6) is 0 Å². The molecule has 298 valence electrons. The largest absolute Gasteiger partial charge is 0.462 e. The number of hydrogen-bond acceptors (Lipinski definition) is 5. The maximum absolute atomic E-state index is 12.8. The Morgan fingerprint density at radius 3 is 1.48 bits per heavy atom. The average molecular weight is 709 g/mol. The SMILES string of the molecule is CCC(C)(CC)CC(OC(C)=O)C(CC)(CC)C(C)(CC)CC(O)C(CC)(CC)C(C)(C)CC(NC=O)C(C)(C)C(C)(C)CC(N)C(C)(C)C. The van der Waals surface area contributed by atoms with Crippen LogP contribution in [-0.4, -0.2) is 41.8 Å². The van der Waals surface area contributed by atoms with Crippen LogP contribution in [0.2, 0.25) is 0 Å². The van der Waals surface area contributed by atoms with E-state index in [0.717, 1.165) is 70.6 Å². The summed E-state index contributed by atoms with van der Waals surface area (Å²) in [6, 6.07) is -0.111. The van der Waals surface area contributed by atoms with E-state index < -0.39 is 11.5 Å². The normalized spacial score (nSPS) is 17.8. The number of carbonyl (C=O) groups is 2. The van der Waals surface area contributed by atoms with E-state index in [1.165, 1.54) is 0 Å². The van der Waals surface area contributed by atoms with Gasteiger partial charge in [-0.3, -0.25) is 9.59 Å². The molecular weight excluding hydrogens is 620 g/mol. The highest BCUT2D eigenvalue weighted by molar-refractivity contribution is 5.66. The summed E-state index contributed by atoms with van der Waals surface area (Å²) in [7, 11) is 0. The monoisotopic (exact) mass is 709 g/mol. The van der Waals surface area contributed by atoms with Crippen molar-refractivity contribution < 1.29 is 19.4 Å². The van der Waals surface area contributed by atoms with E-state index in [1.807, 2.05) is 0 Å². The molecule has 0 aromatic heterocycles. The van der Waals surface area contributed by atoms with E-state index in [4.69, 9.17) is 10.5 Å². The maximum atomic E-state index is 12.8. The van der Waals surface area contributed by atoms with Crippen molar-refractivity contribution in [3.05, 3.63) is 0 Å². The lowest BCUT2D eigenvalue weighted by Crippen LogP contribution is -2.58. The number of aliphatic hydroxyl groups excluding tert-OH is 1. The molecule has 0 saturated heterocycles. The summed E-state index contributed by atoms with van der Waals surface area (Å²) in [4.78, 5) is 25.0. The van der Waals surface area contributed by atoms with Gasteiger partial charge in [0, 0.05) is 29.8 Å².